The van der Waals surface area contributed by atoms with Gasteiger partial charge in [0.15, 0.2) is 0 Å². The number of rotatable bonds is 3. The van der Waals surface area contributed by atoms with Gasteiger partial charge in [0, 0.05) is 31.8 Å². The summed E-state index contributed by atoms with van der Waals surface area (Å²) in [6, 6.07) is 28.3. The summed E-state index contributed by atoms with van der Waals surface area (Å²) in [6.07, 6.45) is 0. The van der Waals surface area contributed by atoms with Crippen LogP contribution in [0.1, 0.15) is 19.9 Å². The van der Waals surface area contributed by atoms with E-state index < -0.39 is 0 Å². The third-order valence-electron chi connectivity index (χ3n) is 6.03. The van der Waals surface area contributed by atoms with E-state index in [2.05, 4.69) is 73.0 Å². The highest BCUT2D eigenvalue weighted by Crippen LogP contribution is 2.42. The first kappa shape index (κ1) is 19.2. The lowest BCUT2D eigenvalue weighted by atomic mass is 10.0. The number of hydrogen-bond acceptors (Lipinski definition) is 2. The molecule has 2 aromatic heterocycles. The van der Waals surface area contributed by atoms with Crippen molar-refractivity contribution in [2.45, 2.75) is 19.9 Å². The van der Waals surface area contributed by atoms with Gasteiger partial charge in [0.25, 0.3) is 0 Å². The molecule has 0 radical (unpaired) electrons. The van der Waals surface area contributed by atoms with Gasteiger partial charge < -0.3 is 4.57 Å². The Balaban J connectivity index is 1.60. The summed E-state index contributed by atoms with van der Waals surface area (Å²) < 4.78 is 18.2. The van der Waals surface area contributed by atoms with Crippen LogP contribution in [0, 0.1) is 5.82 Å². The number of imidazole rings is 1. The zero-order valence-corrected chi connectivity index (χ0v) is 18.7. The number of aromatic nitrogens is 2. The Labute approximate surface area is 189 Å². The van der Waals surface area contributed by atoms with Gasteiger partial charge in [-0.05, 0) is 67.4 Å². The summed E-state index contributed by atoms with van der Waals surface area (Å²) >= 11 is 1.81. The molecule has 6 rings (SSSR count). The SMILES string of the molecule is CC(C)n1c(-c2cccc3c2sc2ccc(-c4ccc(F)cc4)cc23)nc2ccccc21. The molecule has 0 fully saturated rings. The first-order chi connectivity index (χ1) is 15.6. The Kier molecular flexibility index (Phi) is 4.37. The molecule has 0 aliphatic rings. The molecule has 4 aromatic carbocycles. The van der Waals surface area contributed by atoms with E-state index in [-0.39, 0.29) is 5.82 Å². The Morgan fingerprint density at radius 2 is 1.59 bits per heavy atom. The number of para-hydroxylation sites is 2. The zero-order valence-electron chi connectivity index (χ0n) is 17.8. The van der Waals surface area contributed by atoms with Crippen LogP contribution in [0.5, 0.6) is 0 Å². The maximum absolute atomic E-state index is 13.4. The van der Waals surface area contributed by atoms with E-state index in [4.69, 9.17) is 4.98 Å². The quantitative estimate of drug-likeness (QED) is 0.272. The summed E-state index contributed by atoms with van der Waals surface area (Å²) in [7, 11) is 0. The van der Waals surface area contributed by atoms with Gasteiger partial charge in [-0.3, -0.25) is 0 Å². The molecule has 0 saturated heterocycles. The molecule has 0 amide bonds. The number of halogens is 1. The molecular formula is C28H21FN2S. The normalized spacial score (nSPS) is 11.9. The minimum absolute atomic E-state index is 0.214. The first-order valence-corrected chi connectivity index (χ1v) is 11.6. The predicted molar refractivity (Wildman–Crippen MR) is 134 cm³/mol. The van der Waals surface area contributed by atoms with Gasteiger partial charge in [0.05, 0.1) is 11.0 Å². The Morgan fingerprint density at radius 1 is 0.812 bits per heavy atom. The van der Waals surface area contributed by atoms with E-state index in [1.165, 1.54) is 32.3 Å². The second-order valence-electron chi connectivity index (χ2n) is 8.39. The van der Waals surface area contributed by atoms with Crippen LogP contribution in [0.2, 0.25) is 0 Å². The van der Waals surface area contributed by atoms with E-state index in [0.717, 1.165) is 33.5 Å². The summed E-state index contributed by atoms with van der Waals surface area (Å²) in [5, 5.41) is 2.45. The lowest BCUT2D eigenvalue weighted by Gasteiger charge is -2.13. The highest BCUT2D eigenvalue weighted by Gasteiger charge is 2.18. The molecule has 0 atom stereocenters. The molecule has 0 aliphatic carbocycles. The molecule has 0 saturated carbocycles. The first-order valence-electron chi connectivity index (χ1n) is 10.8. The van der Waals surface area contributed by atoms with Crippen LogP contribution in [-0.2, 0) is 0 Å². The lowest BCUT2D eigenvalue weighted by Crippen LogP contribution is -2.03. The van der Waals surface area contributed by atoms with E-state index in [1.807, 2.05) is 18.2 Å². The molecule has 4 heteroatoms. The standard InChI is InChI=1S/C28H21FN2S/c1-17(2)31-25-9-4-3-8-24(25)30-28(31)22-7-5-6-21-23-16-19(12-15-26(23)32-27(21)22)18-10-13-20(29)14-11-18/h3-17H,1-2H3. The van der Waals surface area contributed by atoms with Crippen molar-refractivity contribution in [2.75, 3.05) is 0 Å². The molecule has 0 aliphatic heterocycles. The van der Waals surface area contributed by atoms with Gasteiger partial charge in [-0.2, -0.15) is 0 Å². The molecule has 2 nitrogen and oxygen atoms in total. The predicted octanol–water partition coefficient (Wildman–Crippen LogP) is 8.46. The number of hydrogen-bond donors (Lipinski definition) is 0. The van der Waals surface area contributed by atoms with Crippen molar-refractivity contribution < 1.29 is 4.39 Å². The molecule has 0 unspecified atom stereocenters. The van der Waals surface area contributed by atoms with Crippen LogP contribution < -0.4 is 0 Å². The second kappa shape index (κ2) is 7.28. The summed E-state index contributed by atoms with van der Waals surface area (Å²) in [5.41, 5.74) is 5.46. The Bertz CT molecular complexity index is 1610. The molecule has 32 heavy (non-hydrogen) atoms. The topological polar surface area (TPSA) is 17.8 Å². The summed E-state index contributed by atoms with van der Waals surface area (Å²) in [6.45, 7) is 4.41. The Morgan fingerprint density at radius 3 is 2.41 bits per heavy atom. The number of thiophene rings is 1. The minimum Gasteiger partial charge on any atom is -0.321 e. The van der Waals surface area contributed by atoms with Gasteiger partial charge in [0.2, 0.25) is 0 Å². The van der Waals surface area contributed by atoms with E-state index in [1.54, 1.807) is 11.3 Å². The average molecular weight is 437 g/mol. The third-order valence-corrected chi connectivity index (χ3v) is 7.25. The van der Waals surface area contributed by atoms with Crippen LogP contribution in [0.25, 0.3) is 53.7 Å². The Hall–Kier alpha value is -3.50. The van der Waals surface area contributed by atoms with Gasteiger partial charge in [0.1, 0.15) is 11.6 Å². The highest BCUT2D eigenvalue weighted by molar-refractivity contribution is 7.26. The van der Waals surface area contributed by atoms with Crippen LogP contribution in [-0.4, -0.2) is 9.55 Å². The maximum atomic E-state index is 13.4. The van der Waals surface area contributed by atoms with Crippen LogP contribution >= 0.6 is 11.3 Å². The molecule has 6 aromatic rings. The summed E-state index contributed by atoms with van der Waals surface area (Å²) in [5.74, 6) is 0.797. The molecule has 0 bridgehead atoms. The fraction of sp³-hybridized carbons (Fsp3) is 0.107. The number of fused-ring (bicyclic) bond motifs is 4. The smallest absolute Gasteiger partial charge is 0.142 e. The average Bonchev–Trinajstić information content (AvgIpc) is 3.37. The van der Waals surface area contributed by atoms with Crippen molar-refractivity contribution in [3.8, 4) is 22.5 Å². The summed E-state index contributed by atoms with van der Waals surface area (Å²) in [4.78, 5) is 5.03. The maximum Gasteiger partial charge on any atom is 0.142 e. The van der Waals surface area contributed by atoms with Crippen molar-refractivity contribution in [1.82, 2.24) is 9.55 Å². The number of nitrogens with zero attached hydrogens (tertiary/aromatic N) is 2. The second-order valence-corrected chi connectivity index (χ2v) is 9.44. The van der Waals surface area contributed by atoms with Gasteiger partial charge in [-0.15, -0.1) is 11.3 Å². The fourth-order valence-electron chi connectivity index (χ4n) is 4.55. The highest BCUT2D eigenvalue weighted by atomic mass is 32.1. The molecule has 2 heterocycles. The monoisotopic (exact) mass is 436 g/mol. The van der Waals surface area contributed by atoms with Crippen LogP contribution in [0.15, 0.2) is 84.9 Å². The number of benzene rings is 4. The molecule has 0 N–H and O–H groups in total. The minimum atomic E-state index is -0.214. The van der Waals surface area contributed by atoms with Crippen molar-refractivity contribution in [3.05, 3.63) is 90.7 Å². The van der Waals surface area contributed by atoms with Crippen molar-refractivity contribution in [2.24, 2.45) is 0 Å². The van der Waals surface area contributed by atoms with Gasteiger partial charge in [-0.1, -0.05) is 42.5 Å². The van der Waals surface area contributed by atoms with Crippen molar-refractivity contribution in [1.29, 1.82) is 0 Å². The van der Waals surface area contributed by atoms with E-state index in [9.17, 15) is 4.39 Å². The van der Waals surface area contributed by atoms with Crippen molar-refractivity contribution in [3.63, 3.8) is 0 Å². The lowest BCUT2D eigenvalue weighted by molar-refractivity contribution is 0.625. The van der Waals surface area contributed by atoms with Crippen LogP contribution in [0.3, 0.4) is 0 Å². The molecule has 156 valence electrons. The fourth-order valence-corrected chi connectivity index (χ4v) is 5.75. The van der Waals surface area contributed by atoms with Gasteiger partial charge >= 0.3 is 0 Å². The molecule has 0 spiro atoms. The van der Waals surface area contributed by atoms with Crippen molar-refractivity contribution >= 4 is 42.5 Å². The third kappa shape index (κ3) is 2.94. The van der Waals surface area contributed by atoms with E-state index in [0.29, 0.717) is 6.04 Å². The van der Waals surface area contributed by atoms with Gasteiger partial charge in [-0.25, -0.2) is 9.37 Å². The zero-order chi connectivity index (χ0) is 21.8. The van der Waals surface area contributed by atoms with Crippen LogP contribution in [0.4, 0.5) is 4.39 Å². The largest absolute Gasteiger partial charge is 0.321 e. The van der Waals surface area contributed by atoms with E-state index >= 15 is 0 Å². The molecular weight excluding hydrogens is 415 g/mol.